The molecule has 0 aliphatic carbocycles. The molecule has 2 N–H and O–H groups in total. The lowest BCUT2D eigenvalue weighted by Crippen LogP contribution is -2.30. The first kappa shape index (κ1) is 19.8. The van der Waals surface area contributed by atoms with Crippen molar-refractivity contribution < 1.29 is 19.1 Å². The Morgan fingerprint density at radius 1 is 1.21 bits per heavy atom. The van der Waals surface area contributed by atoms with Gasteiger partial charge in [0.2, 0.25) is 0 Å². The Labute approximate surface area is 146 Å². The molecule has 0 aliphatic heterocycles. The van der Waals surface area contributed by atoms with Crippen LogP contribution < -0.4 is 5.73 Å². The summed E-state index contributed by atoms with van der Waals surface area (Å²) in [5, 5.41) is 0. The minimum Gasteiger partial charge on any atom is -0.468 e. The highest BCUT2D eigenvalue weighted by molar-refractivity contribution is 8.01. The summed E-state index contributed by atoms with van der Waals surface area (Å²) in [6.07, 6.45) is 7.24. The monoisotopic (exact) mass is 349 g/mol. The SMILES string of the molecule is C/C=C\C=C/C(C)(Sc1cc(C)c(C(=O)OC)cc1N)C(=O)OC. The third-order valence-electron chi connectivity index (χ3n) is 3.39. The van der Waals surface area contributed by atoms with Gasteiger partial charge in [-0.25, -0.2) is 4.79 Å². The number of allylic oxidation sites excluding steroid dienone is 3. The van der Waals surface area contributed by atoms with Gasteiger partial charge in [-0.3, -0.25) is 4.79 Å². The summed E-state index contributed by atoms with van der Waals surface area (Å²) >= 11 is 1.27. The van der Waals surface area contributed by atoms with Crippen molar-refractivity contribution in [3.05, 3.63) is 47.6 Å². The van der Waals surface area contributed by atoms with Gasteiger partial charge in [-0.05, 0) is 38.5 Å². The number of aryl methyl sites for hydroxylation is 1. The first-order valence-corrected chi connectivity index (χ1v) is 8.17. The molecule has 24 heavy (non-hydrogen) atoms. The van der Waals surface area contributed by atoms with E-state index < -0.39 is 10.7 Å². The van der Waals surface area contributed by atoms with Crippen molar-refractivity contribution in [1.29, 1.82) is 0 Å². The molecule has 6 heteroatoms. The quantitative estimate of drug-likeness (QED) is 0.366. The van der Waals surface area contributed by atoms with E-state index >= 15 is 0 Å². The number of carbonyl (C=O) groups excluding carboxylic acids is 2. The van der Waals surface area contributed by atoms with E-state index in [0.29, 0.717) is 16.1 Å². The molecule has 5 nitrogen and oxygen atoms in total. The second kappa shape index (κ2) is 8.59. The molecule has 0 bridgehead atoms. The van der Waals surface area contributed by atoms with Gasteiger partial charge in [-0.15, -0.1) is 11.8 Å². The van der Waals surface area contributed by atoms with Gasteiger partial charge < -0.3 is 15.2 Å². The Morgan fingerprint density at radius 3 is 2.42 bits per heavy atom. The molecule has 0 fully saturated rings. The van der Waals surface area contributed by atoms with E-state index in [0.717, 1.165) is 5.56 Å². The summed E-state index contributed by atoms with van der Waals surface area (Å²) < 4.78 is 8.71. The number of carbonyl (C=O) groups is 2. The van der Waals surface area contributed by atoms with Crippen LogP contribution in [0.4, 0.5) is 5.69 Å². The highest BCUT2D eigenvalue weighted by Crippen LogP contribution is 2.39. The number of thioether (sulfide) groups is 1. The van der Waals surface area contributed by atoms with E-state index in [1.165, 1.54) is 26.0 Å². The number of nitrogens with two attached hydrogens (primary N) is 1. The lowest BCUT2D eigenvalue weighted by molar-refractivity contribution is -0.141. The molecule has 1 rings (SSSR count). The molecule has 1 atom stereocenters. The Morgan fingerprint density at radius 2 is 1.88 bits per heavy atom. The van der Waals surface area contributed by atoms with Crippen LogP contribution >= 0.6 is 11.8 Å². The van der Waals surface area contributed by atoms with Gasteiger partial charge in [-0.2, -0.15) is 0 Å². The largest absolute Gasteiger partial charge is 0.468 e. The number of anilines is 1. The number of benzene rings is 1. The molecule has 0 spiro atoms. The summed E-state index contributed by atoms with van der Waals surface area (Å²) in [5.41, 5.74) is 7.60. The van der Waals surface area contributed by atoms with Crippen molar-refractivity contribution in [1.82, 2.24) is 0 Å². The molecule has 0 radical (unpaired) electrons. The number of hydrogen-bond acceptors (Lipinski definition) is 6. The Hall–Kier alpha value is -2.21. The first-order valence-electron chi connectivity index (χ1n) is 7.35. The maximum absolute atomic E-state index is 12.2. The molecular weight excluding hydrogens is 326 g/mol. The minimum atomic E-state index is -0.943. The third kappa shape index (κ3) is 4.64. The van der Waals surface area contributed by atoms with Crippen LogP contribution in [0.2, 0.25) is 0 Å². The fourth-order valence-corrected chi connectivity index (χ4v) is 3.22. The summed E-state index contributed by atoms with van der Waals surface area (Å²) in [4.78, 5) is 24.6. The molecule has 0 aromatic heterocycles. The lowest BCUT2D eigenvalue weighted by Gasteiger charge is -2.23. The number of rotatable bonds is 6. The van der Waals surface area contributed by atoms with Crippen molar-refractivity contribution in [3.63, 3.8) is 0 Å². The van der Waals surface area contributed by atoms with E-state index in [9.17, 15) is 9.59 Å². The highest BCUT2D eigenvalue weighted by atomic mass is 32.2. The zero-order valence-electron chi connectivity index (χ0n) is 14.6. The number of nitrogen functional groups attached to an aromatic ring is 1. The number of hydrogen-bond donors (Lipinski definition) is 1. The van der Waals surface area contributed by atoms with E-state index in [2.05, 4.69) is 0 Å². The van der Waals surface area contributed by atoms with Crippen molar-refractivity contribution >= 4 is 29.4 Å². The van der Waals surface area contributed by atoms with Gasteiger partial charge in [0.05, 0.1) is 19.8 Å². The van der Waals surface area contributed by atoms with E-state index in [1.807, 2.05) is 19.1 Å². The van der Waals surface area contributed by atoms with Crippen LogP contribution in [-0.2, 0) is 14.3 Å². The van der Waals surface area contributed by atoms with Gasteiger partial charge in [0.25, 0.3) is 0 Å². The molecule has 0 saturated heterocycles. The van der Waals surface area contributed by atoms with E-state index in [-0.39, 0.29) is 5.97 Å². The van der Waals surface area contributed by atoms with Crippen LogP contribution in [0.25, 0.3) is 0 Å². The van der Waals surface area contributed by atoms with E-state index in [1.54, 1.807) is 38.1 Å². The zero-order chi connectivity index (χ0) is 18.3. The second-order valence-electron chi connectivity index (χ2n) is 5.28. The molecule has 0 aliphatic rings. The predicted octanol–water partition coefficient (Wildman–Crippen LogP) is 3.52. The number of ether oxygens (including phenoxy) is 2. The second-order valence-corrected chi connectivity index (χ2v) is 6.77. The molecule has 0 saturated carbocycles. The van der Waals surface area contributed by atoms with Gasteiger partial charge >= 0.3 is 11.9 Å². The molecule has 130 valence electrons. The molecule has 1 aromatic carbocycles. The van der Waals surface area contributed by atoms with Crippen LogP contribution in [0.15, 0.2) is 41.3 Å². The van der Waals surface area contributed by atoms with E-state index in [4.69, 9.17) is 15.2 Å². The molecule has 0 heterocycles. The smallest absolute Gasteiger partial charge is 0.338 e. The van der Waals surface area contributed by atoms with Crippen LogP contribution in [0.1, 0.15) is 29.8 Å². The van der Waals surface area contributed by atoms with Crippen molar-refractivity contribution in [2.24, 2.45) is 0 Å². The van der Waals surface area contributed by atoms with Gasteiger partial charge in [-0.1, -0.05) is 24.3 Å². The van der Waals surface area contributed by atoms with Gasteiger partial charge in [0.15, 0.2) is 0 Å². The molecule has 1 unspecified atom stereocenters. The van der Waals surface area contributed by atoms with Crippen LogP contribution in [0.5, 0.6) is 0 Å². The maximum atomic E-state index is 12.2. The summed E-state index contributed by atoms with van der Waals surface area (Å²) in [7, 11) is 2.67. The first-order chi connectivity index (χ1) is 11.3. The Kier molecular flexibility index (Phi) is 7.10. The third-order valence-corrected chi connectivity index (χ3v) is 4.69. The van der Waals surface area contributed by atoms with Crippen LogP contribution in [0.3, 0.4) is 0 Å². The molecular formula is C18H23NO4S. The number of esters is 2. The average molecular weight is 349 g/mol. The average Bonchev–Trinajstić information content (AvgIpc) is 2.56. The van der Waals surface area contributed by atoms with Crippen molar-refractivity contribution in [2.45, 2.75) is 30.4 Å². The summed E-state index contributed by atoms with van der Waals surface area (Å²) in [6.45, 7) is 5.44. The summed E-state index contributed by atoms with van der Waals surface area (Å²) in [6, 6.07) is 3.34. The predicted molar refractivity (Wildman–Crippen MR) is 97.2 cm³/mol. The molecule has 0 amide bonds. The minimum absolute atomic E-state index is 0.387. The lowest BCUT2D eigenvalue weighted by atomic mass is 10.1. The Bertz CT molecular complexity index is 682. The van der Waals surface area contributed by atoms with Crippen LogP contribution in [0, 0.1) is 6.92 Å². The Balaban J connectivity index is 3.26. The fourth-order valence-electron chi connectivity index (χ4n) is 2.04. The summed E-state index contributed by atoms with van der Waals surface area (Å²) in [5.74, 6) is -0.832. The zero-order valence-corrected chi connectivity index (χ0v) is 15.4. The normalized spacial score (nSPS) is 13.9. The van der Waals surface area contributed by atoms with Crippen molar-refractivity contribution in [2.75, 3.05) is 20.0 Å². The number of methoxy groups -OCH3 is 2. The topological polar surface area (TPSA) is 78.6 Å². The maximum Gasteiger partial charge on any atom is 0.338 e. The van der Waals surface area contributed by atoms with Crippen LogP contribution in [-0.4, -0.2) is 30.9 Å². The highest BCUT2D eigenvalue weighted by Gasteiger charge is 2.33. The van der Waals surface area contributed by atoms with Gasteiger partial charge in [0, 0.05) is 10.6 Å². The standard InChI is InChI=1S/C18H23NO4S/c1-6-7-8-9-18(3,17(21)23-5)24-15-10-12(2)13(11-14(15)19)16(20)22-4/h6-11H,19H2,1-5H3/b7-6-,9-8-. The molecule has 1 aromatic rings. The fraction of sp³-hybridized carbons (Fsp3) is 0.333. The van der Waals surface area contributed by atoms with Crippen molar-refractivity contribution in [3.8, 4) is 0 Å². The van der Waals surface area contributed by atoms with Gasteiger partial charge in [0.1, 0.15) is 4.75 Å².